The van der Waals surface area contributed by atoms with Gasteiger partial charge in [-0.3, -0.25) is 5.10 Å². The van der Waals surface area contributed by atoms with Gasteiger partial charge in [-0.25, -0.2) is 4.98 Å². The van der Waals surface area contributed by atoms with Crippen LogP contribution in [0.15, 0.2) is 29.4 Å². The highest BCUT2D eigenvalue weighted by Crippen LogP contribution is 2.18. The molecule has 2 rings (SSSR count). The van der Waals surface area contributed by atoms with E-state index in [1.54, 1.807) is 11.8 Å². The lowest BCUT2D eigenvalue weighted by atomic mass is 10.1. The van der Waals surface area contributed by atoms with Crippen LogP contribution in [0.2, 0.25) is 0 Å². The van der Waals surface area contributed by atoms with Crippen molar-refractivity contribution < 1.29 is 5.11 Å². The van der Waals surface area contributed by atoms with Crippen LogP contribution in [0.3, 0.4) is 0 Å². The van der Waals surface area contributed by atoms with Crippen molar-refractivity contribution in [2.75, 3.05) is 6.61 Å². The summed E-state index contributed by atoms with van der Waals surface area (Å²) in [6.07, 6.45) is 0.516. The van der Waals surface area contributed by atoms with Gasteiger partial charge in [-0.05, 0) is 24.6 Å². The summed E-state index contributed by atoms with van der Waals surface area (Å²) in [5.74, 6) is 7.57. The highest BCUT2D eigenvalue weighted by Gasteiger charge is 2.01. The molecule has 0 spiro atoms. The summed E-state index contributed by atoms with van der Waals surface area (Å²) in [6.45, 7) is 1.99. The number of H-pyrrole nitrogens is 1. The minimum Gasteiger partial charge on any atom is -0.395 e. The fourth-order valence-electron chi connectivity index (χ4n) is 1.44. The molecule has 0 saturated carbocycles. The molecule has 5 heteroatoms. The summed E-state index contributed by atoms with van der Waals surface area (Å²) < 4.78 is 0. The molecule has 2 aromatic rings. The Morgan fingerprint density at radius 3 is 2.74 bits per heavy atom. The lowest BCUT2D eigenvalue weighted by molar-refractivity contribution is 0.305. The van der Waals surface area contributed by atoms with E-state index in [2.05, 4.69) is 39.2 Å². The van der Waals surface area contributed by atoms with E-state index in [0.29, 0.717) is 6.42 Å². The van der Waals surface area contributed by atoms with Crippen molar-refractivity contribution >= 4 is 11.8 Å². The van der Waals surface area contributed by atoms with Crippen LogP contribution in [-0.2, 0) is 5.75 Å². The van der Waals surface area contributed by atoms with E-state index in [-0.39, 0.29) is 6.61 Å². The standard InChI is InChI=1S/C14H15N3OS/c1-11-15-14(17-16-11)19-10-13-7-5-12(6-8-13)4-2-3-9-18/h5-8,18H,3,9-10H2,1H3,(H,15,16,17). The zero-order valence-corrected chi connectivity index (χ0v) is 11.5. The smallest absolute Gasteiger partial charge is 0.208 e. The fourth-order valence-corrected chi connectivity index (χ4v) is 2.24. The molecule has 2 N–H and O–H groups in total. The van der Waals surface area contributed by atoms with Gasteiger partial charge in [-0.2, -0.15) is 0 Å². The number of thioether (sulfide) groups is 1. The lowest BCUT2D eigenvalue weighted by Crippen LogP contribution is -1.83. The Bertz CT molecular complexity index is 581. The summed E-state index contributed by atoms with van der Waals surface area (Å²) >= 11 is 1.60. The van der Waals surface area contributed by atoms with Crippen molar-refractivity contribution in [1.82, 2.24) is 15.2 Å². The number of rotatable bonds is 4. The third-order valence-corrected chi connectivity index (χ3v) is 3.29. The number of nitrogens with zero attached hydrogens (tertiary/aromatic N) is 2. The van der Waals surface area contributed by atoms with Crippen LogP contribution in [0.5, 0.6) is 0 Å². The molecular formula is C14H15N3OS. The van der Waals surface area contributed by atoms with Crippen LogP contribution in [0.25, 0.3) is 0 Å². The first-order valence-corrected chi connectivity index (χ1v) is 6.97. The lowest BCUT2D eigenvalue weighted by Gasteiger charge is -1.98. The molecule has 0 radical (unpaired) electrons. The van der Waals surface area contributed by atoms with Crippen molar-refractivity contribution in [2.24, 2.45) is 0 Å². The summed E-state index contributed by atoms with van der Waals surface area (Å²) in [4.78, 5) is 4.24. The second-order valence-electron chi connectivity index (χ2n) is 3.96. The molecule has 0 aliphatic rings. The van der Waals surface area contributed by atoms with Crippen molar-refractivity contribution in [1.29, 1.82) is 0 Å². The Morgan fingerprint density at radius 1 is 1.32 bits per heavy atom. The maximum absolute atomic E-state index is 8.65. The van der Waals surface area contributed by atoms with E-state index < -0.39 is 0 Å². The molecule has 0 aliphatic carbocycles. The molecular weight excluding hydrogens is 258 g/mol. The molecule has 0 saturated heterocycles. The third-order valence-electron chi connectivity index (χ3n) is 2.37. The number of aliphatic hydroxyl groups is 1. The minimum atomic E-state index is 0.109. The molecule has 1 aromatic carbocycles. The maximum Gasteiger partial charge on any atom is 0.208 e. The summed E-state index contributed by atoms with van der Waals surface area (Å²) in [5.41, 5.74) is 2.18. The number of nitrogens with one attached hydrogen (secondary N) is 1. The maximum atomic E-state index is 8.65. The second-order valence-corrected chi connectivity index (χ2v) is 4.91. The van der Waals surface area contributed by atoms with Crippen LogP contribution >= 0.6 is 11.8 Å². The van der Waals surface area contributed by atoms with E-state index in [9.17, 15) is 0 Å². The molecule has 0 unspecified atom stereocenters. The molecule has 0 amide bonds. The summed E-state index contributed by atoms with van der Waals surface area (Å²) in [7, 11) is 0. The van der Waals surface area contributed by atoms with Crippen molar-refractivity contribution in [3.63, 3.8) is 0 Å². The zero-order chi connectivity index (χ0) is 13.5. The average Bonchev–Trinajstić information content (AvgIpc) is 2.84. The largest absolute Gasteiger partial charge is 0.395 e. The number of benzene rings is 1. The van der Waals surface area contributed by atoms with Crippen LogP contribution in [0.1, 0.15) is 23.4 Å². The van der Waals surface area contributed by atoms with Gasteiger partial charge in [0.05, 0.1) is 6.61 Å². The number of hydrogen-bond acceptors (Lipinski definition) is 4. The average molecular weight is 273 g/mol. The number of aromatic nitrogens is 3. The summed E-state index contributed by atoms with van der Waals surface area (Å²) in [6, 6.07) is 8.08. The third kappa shape index (κ3) is 4.43. The highest BCUT2D eigenvalue weighted by atomic mass is 32.2. The van der Waals surface area contributed by atoms with Gasteiger partial charge in [0.25, 0.3) is 0 Å². The predicted octanol–water partition coefficient (Wildman–Crippen LogP) is 2.14. The predicted molar refractivity (Wildman–Crippen MR) is 75.7 cm³/mol. The van der Waals surface area contributed by atoms with Crippen LogP contribution in [-0.4, -0.2) is 26.9 Å². The number of hydrogen-bond donors (Lipinski definition) is 2. The Labute approximate surface area is 116 Å². The van der Waals surface area contributed by atoms with Crippen molar-refractivity contribution in [2.45, 2.75) is 24.3 Å². The highest BCUT2D eigenvalue weighted by molar-refractivity contribution is 7.98. The van der Waals surface area contributed by atoms with Gasteiger partial charge in [-0.1, -0.05) is 35.7 Å². The Kier molecular flexibility index (Phi) is 5.01. The topological polar surface area (TPSA) is 61.8 Å². The first-order chi connectivity index (χ1) is 9.28. The monoisotopic (exact) mass is 273 g/mol. The molecule has 0 bridgehead atoms. The molecule has 0 aliphatic heterocycles. The van der Waals surface area contributed by atoms with Crippen LogP contribution in [0, 0.1) is 18.8 Å². The first-order valence-electron chi connectivity index (χ1n) is 5.98. The molecule has 1 aromatic heterocycles. The Morgan fingerprint density at radius 2 is 2.11 bits per heavy atom. The van der Waals surface area contributed by atoms with Crippen molar-refractivity contribution in [3.8, 4) is 11.8 Å². The minimum absolute atomic E-state index is 0.109. The quantitative estimate of drug-likeness (QED) is 0.662. The van der Waals surface area contributed by atoms with Gasteiger partial charge in [0.15, 0.2) is 0 Å². The van der Waals surface area contributed by atoms with Gasteiger partial charge in [0, 0.05) is 17.7 Å². The number of aryl methyl sites for hydroxylation is 1. The van der Waals surface area contributed by atoms with E-state index in [0.717, 1.165) is 22.3 Å². The van der Waals surface area contributed by atoms with Crippen LogP contribution in [0.4, 0.5) is 0 Å². The molecule has 0 fully saturated rings. The summed E-state index contributed by atoms with van der Waals surface area (Å²) in [5, 5.41) is 16.3. The zero-order valence-electron chi connectivity index (χ0n) is 10.7. The number of aliphatic hydroxyl groups excluding tert-OH is 1. The van der Waals surface area contributed by atoms with E-state index >= 15 is 0 Å². The van der Waals surface area contributed by atoms with E-state index in [1.165, 1.54) is 5.56 Å². The molecule has 0 atom stereocenters. The Balaban J connectivity index is 1.90. The molecule has 19 heavy (non-hydrogen) atoms. The van der Waals surface area contributed by atoms with Crippen LogP contribution < -0.4 is 0 Å². The van der Waals surface area contributed by atoms with E-state index in [4.69, 9.17) is 5.11 Å². The van der Waals surface area contributed by atoms with Gasteiger partial charge in [-0.15, -0.1) is 5.10 Å². The molecule has 98 valence electrons. The SMILES string of the molecule is Cc1nc(SCc2ccc(C#CCCO)cc2)n[nH]1. The van der Waals surface area contributed by atoms with Gasteiger partial charge in [0.1, 0.15) is 5.82 Å². The normalized spacial score (nSPS) is 10.0. The second kappa shape index (κ2) is 6.98. The molecule has 1 heterocycles. The van der Waals surface area contributed by atoms with Gasteiger partial charge in [0.2, 0.25) is 5.16 Å². The van der Waals surface area contributed by atoms with Gasteiger partial charge >= 0.3 is 0 Å². The number of aromatic amines is 1. The van der Waals surface area contributed by atoms with Gasteiger partial charge < -0.3 is 5.11 Å². The van der Waals surface area contributed by atoms with E-state index in [1.807, 2.05) is 19.1 Å². The fraction of sp³-hybridized carbons (Fsp3) is 0.286. The van der Waals surface area contributed by atoms with Crippen molar-refractivity contribution in [3.05, 3.63) is 41.2 Å². The molecule has 4 nitrogen and oxygen atoms in total. The Hall–Kier alpha value is -1.77. The first kappa shape index (κ1) is 13.7.